The molecule has 0 saturated carbocycles. The third-order valence-corrected chi connectivity index (χ3v) is 6.45. The lowest BCUT2D eigenvalue weighted by Gasteiger charge is -2.26. The summed E-state index contributed by atoms with van der Waals surface area (Å²) in [6.07, 6.45) is 12.2. The number of amides is 1. The number of allylic oxidation sites excluding steroid dienone is 6. The van der Waals surface area contributed by atoms with E-state index in [1.807, 2.05) is 26.8 Å². The molecule has 3 rings (SSSR count). The van der Waals surface area contributed by atoms with Gasteiger partial charge >= 0.3 is 0 Å². The summed E-state index contributed by atoms with van der Waals surface area (Å²) in [4.78, 5) is 17.0. The molecule has 0 radical (unpaired) electrons. The highest BCUT2D eigenvalue weighted by molar-refractivity contribution is 6.16. The molecule has 2 aromatic carbocycles. The Balaban J connectivity index is 1.95. The molecule has 1 heterocycles. The molecule has 0 bridgehead atoms. The minimum Gasteiger partial charge on any atom is -0.508 e. The number of carbonyl (C=O) groups excluding carboxylic acids is 1. The molecule has 0 unspecified atom stereocenters. The maximum Gasteiger partial charge on any atom is 0.260 e. The molecule has 0 atom stereocenters. The number of benzene rings is 2. The molecular formula is C32H40N2O4. The standard InChI is InChI=1S/C32H40N2O4/c1-21(2)10-7-11-23(5)12-8-13-24(6)16-17-33-27-18-25(35)19-29(37)31(27)34(20-22(3)4)30-26(32(33)38)14-9-15-28(30)36/h9-10,12,14-16,18-20,35-37H,7-8,11,13,17H2,1-6H3/b23-12+,24-16+. The number of carbonyl (C=O) groups is 1. The maximum absolute atomic E-state index is 13.8. The first kappa shape index (κ1) is 28.6. The maximum atomic E-state index is 13.8. The summed E-state index contributed by atoms with van der Waals surface area (Å²) in [6, 6.07) is 7.53. The van der Waals surface area contributed by atoms with E-state index in [1.165, 1.54) is 34.2 Å². The van der Waals surface area contributed by atoms with E-state index in [2.05, 4.69) is 32.9 Å². The molecule has 1 aliphatic heterocycles. The lowest BCUT2D eigenvalue weighted by atomic mass is 10.1. The fourth-order valence-electron chi connectivity index (χ4n) is 4.52. The molecule has 1 aliphatic rings. The number of hydrogen-bond acceptors (Lipinski definition) is 5. The lowest BCUT2D eigenvalue weighted by Crippen LogP contribution is -2.30. The summed E-state index contributed by atoms with van der Waals surface area (Å²) in [5.74, 6) is -0.750. The predicted molar refractivity (Wildman–Crippen MR) is 157 cm³/mol. The lowest BCUT2D eigenvalue weighted by molar-refractivity contribution is 0.0990. The quantitative estimate of drug-likeness (QED) is 0.292. The fraction of sp³-hybridized carbons (Fsp3) is 0.344. The highest BCUT2D eigenvalue weighted by atomic mass is 16.3. The van der Waals surface area contributed by atoms with Crippen LogP contribution in [0.1, 0.15) is 77.6 Å². The van der Waals surface area contributed by atoms with Crippen LogP contribution in [0.4, 0.5) is 17.1 Å². The van der Waals surface area contributed by atoms with Crippen molar-refractivity contribution in [3.63, 3.8) is 0 Å². The van der Waals surface area contributed by atoms with Crippen LogP contribution < -0.4 is 9.80 Å². The Hall–Kier alpha value is -3.93. The van der Waals surface area contributed by atoms with Crippen molar-refractivity contribution in [3.8, 4) is 17.2 Å². The monoisotopic (exact) mass is 516 g/mol. The Morgan fingerprint density at radius 2 is 1.45 bits per heavy atom. The summed E-state index contributed by atoms with van der Waals surface area (Å²) >= 11 is 0. The minimum atomic E-state index is -0.328. The van der Waals surface area contributed by atoms with Crippen molar-refractivity contribution in [1.29, 1.82) is 0 Å². The topological polar surface area (TPSA) is 84.2 Å². The smallest absolute Gasteiger partial charge is 0.260 e. The molecule has 0 spiro atoms. The van der Waals surface area contributed by atoms with Gasteiger partial charge in [0.2, 0.25) is 0 Å². The van der Waals surface area contributed by atoms with Crippen molar-refractivity contribution in [2.24, 2.45) is 0 Å². The number of anilines is 3. The second-order valence-corrected chi connectivity index (χ2v) is 10.5. The van der Waals surface area contributed by atoms with E-state index in [0.717, 1.165) is 36.8 Å². The van der Waals surface area contributed by atoms with Crippen LogP contribution in [0, 0.1) is 0 Å². The number of rotatable bonds is 9. The molecule has 0 saturated heterocycles. The summed E-state index contributed by atoms with van der Waals surface area (Å²) in [7, 11) is 0. The Kier molecular flexibility index (Phi) is 9.45. The normalized spacial score (nSPS) is 13.6. The zero-order chi connectivity index (χ0) is 28.0. The van der Waals surface area contributed by atoms with Gasteiger partial charge in [0.1, 0.15) is 28.6 Å². The largest absolute Gasteiger partial charge is 0.508 e. The van der Waals surface area contributed by atoms with E-state index in [9.17, 15) is 20.1 Å². The fourth-order valence-corrected chi connectivity index (χ4v) is 4.52. The van der Waals surface area contributed by atoms with Gasteiger partial charge < -0.3 is 25.1 Å². The molecule has 0 fully saturated rings. The van der Waals surface area contributed by atoms with E-state index in [-0.39, 0.29) is 35.4 Å². The van der Waals surface area contributed by atoms with Crippen LogP contribution in [0.15, 0.2) is 77.1 Å². The Morgan fingerprint density at radius 3 is 2.11 bits per heavy atom. The van der Waals surface area contributed by atoms with Gasteiger partial charge in [0, 0.05) is 24.9 Å². The summed E-state index contributed by atoms with van der Waals surface area (Å²) < 4.78 is 0. The van der Waals surface area contributed by atoms with E-state index in [0.29, 0.717) is 16.9 Å². The minimum absolute atomic E-state index is 0.0768. The van der Waals surface area contributed by atoms with Gasteiger partial charge in [-0.1, -0.05) is 46.6 Å². The van der Waals surface area contributed by atoms with Crippen molar-refractivity contribution < 1.29 is 20.1 Å². The Labute approximate surface area is 226 Å². The zero-order valence-electron chi connectivity index (χ0n) is 23.4. The van der Waals surface area contributed by atoms with E-state index in [4.69, 9.17) is 0 Å². The van der Waals surface area contributed by atoms with Gasteiger partial charge in [-0.15, -0.1) is 0 Å². The molecule has 0 aliphatic carbocycles. The van der Waals surface area contributed by atoms with Crippen LogP contribution in [0.2, 0.25) is 0 Å². The molecule has 1 amide bonds. The Morgan fingerprint density at radius 1 is 0.789 bits per heavy atom. The molecule has 0 aromatic heterocycles. The van der Waals surface area contributed by atoms with E-state index < -0.39 is 0 Å². The van der Waals surface area contributed by atoms with Gasteiger partial charge in [0.05, 0.1) is 11.3 Å². The average molecular weight is 517 g/mol. The van der Waals surface area contributed by atoms with Crippen molar-refractivity contribution >= 4 is 23.0 Å². The van der Waals surface area contributed by atoms with Crippen LogP contribution in [-0.4, -0.2) is 27.8 Å². The van der Waals surface area contributed by atoms with Gasteiger partial charge in [-0.2, -0.15) is 0 Å². The first-order chi connectivity index (χ1) is 18.0. The highest BCUT2D eigenvalue weighted by Crippen LogP contribution is 2.50. The van der Waals surface area contributed by atoms with Crippen LogP contribution in [0.3, 0.4) is 0 Å². The third-order valence-electron chi connectivity index (χ3n) is 6.45. The number of phenols is 3. The van der Waals surface area contributed by atoms with Gasteiger partial charge in [0.25, 0.3) is 5.91 Å². The van der Waals surface area contributed by atoms with Crippen LogP contribution in [-0.2, 0) is 0 Å². The number of nitrogens with zero attached hydrogens (tertiary/aromatic N) is 2. The molecule has 38 heavy (non-hydrogen) atoms. The number of aromatic hydroxyl groups is 3. The molecule has 3 N–H and O–H groups in total. The van der Waals surface area contributed by atoms with Gasteiger partial charge in [-0.25, -0.2) is 0 Å². The second kappa shape index (κ2) is 12.5. The van der Waals surface area contributed by atoms with E-state index in [1.54, 1.807) is 23.2 Å². The van der Waals surface area contributed by atoms with Crippen LogP contribution >= 0.6 is 0 Å². The first-order valence-corrected chi connectivity index (χ1v) is 13.1. The van der Waals surface area contributed by atoms with Gasteiger partial charge in [-0.3, -0.25) is 4.79 Å². The van der Waals surface area contributed by atoms with Crippen molar-refractivity contribution in [3.05, 3.63) is 82.6 Å². The predicted octanol–water partition coefficient (Wildman–Crippen LogP) is 8.24. The van der Waals surface area contributed by atoms with Crippen LogP contribution in [0.5, 0.6) is 17.2 Å². The average Bonchev–Trinajstić information content (AvgIpc) is 2.91. The number of para-hydroxylation sites is 1. The summed E-state index contributed by atoms with van der Waals surface area (Å²) in [6.45, 7) is 12.5. The zero-order valence-corrected chi connectivity index (χ0v) is 23.4. The van der Waals surface area contributed by atoms with Crippen molar-refractivity contribution in [2.45, 2.75) is 67.2 Å². The summed E-state index contributed by atoms with van der Waals surface area (Å²) in [5, 5.41) is 32.1. The molecule has 2 aromatic rings. The van der Waals surface area contributed by atoms with Crippen molar-refractivity contribution in [2.75, 3.05) is 16.3 Å². The molecule has 202 valence electrons. The number of fused-ring (bicyclic) bond motifs is 2. The molecule has 6 heteroatoms. The Bertz CT molecular complexity index is 1310. The second-order valence-electron chi connectivity index (χ2n) is 10.5. The third kappa shape index (κ3) is 6.88. The first-order valence-electron chi connectivity index (χ1n) is 13.1. The molecular weight excluding hydrogens is 476 g/mol. The van der Waals surface area contributed by atoms with Gasteiger partial charge in [0.15, 0.2) is 0 Å². The molecule has 6 nitrogen and oxygen atoms in total. The van der Waals surface area contributed by atoms with Gasteiger partial charge in [-0.05, 0) is 79.4 Å². The SMILES string of the molecule is CC(C)=CCC/C(C)=C/CC/C(C)=C/CN1C(=O)c2cccc(O)c2N(C=C(C)C)c2c(O)cc(O)cc21. The number of phenolic OH excluding ortho intramolecular Hbond substituents is 3. The van der Waals surface area contributed by atoms with Crippen molar-refractivity contribution in [1.82, 2.24) is 0 Å². The summed E-state index contributed by atoms with van der Waals surface area (Å²) in [5.41, 5.74) is 6.02. The van der Waals surface area contributed by atoms with Crippen LogP contribution in [0.25, 0.3) is 0 Å². The highest BCUT2D eigenvalue weighted by Gasteiger charge is 2.34. The van der Waals surface area contributed by atoms with E-state index >= 15 is 0 Å². The number of hydrogen-bond donors (Lipinski definition) is 3.